The van der Waals surface area contributed by atoms with Gasteiger partial charge in [-0.25, -0.2) is 4.39 Å². The predicted octanol–water partition coefficient (Wildman–Crippen LogP) is 3.85. The van der Waals surface area contributed by atoms with Crippen molar-refractivity contribution >= 4 is 28.5 Å². The molecule has 0 aromatic heterocycles. The van der Waals surface area contributed by atoms with E-state index in [1.807, 2.05) is 11.0 Å². The highest BCUT2D eigenvalue weighted by molar-refractivity contribution is 14.1. The molecular formula is C15H17FINO. The molecule has 2 heterocycles. The highest BCUT2D eigenvalue weighted by Crippen LogP contribution is 2.40. The molecule has 102 valence electrons. The SMILES string of the molecule is O=C1C(I)CCC2CCCC(c3cccc(F)c3)N12. The van der Waals surface area contributed by atoms with Crippen LogP contribution in [0, 0.1) is 5.82 Å². The molecule has 1 aromatic carbocycles. The number of carbonyl (C=O) groups excluding carboxylic acids is 1. The Kier molecular flexibility index (Phi) is 3.78. The molecule has 0 saturated carbocycles. The number of carbonyl (C=O) groups is 1. The van der Waals surface area contributed by atoms with Crippen LogP contribution in [0.3, 0.4) is 0 Å². The topological polar surface area (TPSA) is 20.3 Å². The molecule has 3 rings (SSSR count). The zero-order valence-electron chi connectivity index (χ0n) is 10.7. The van der Waals surface area contributed by atoms with Crippen molar-refractivity contribution in [1.29, 1.82) is 0 Å². The summed E-state index contributed by atoms with van der Waals surface area (Å²) in [6.45, 7) is 0. The van der Waals surface area contributed by atoms with E-state index in [0.717, 1.165) is 37.7 Å². The lowest BCUT2D eigenvalue weighted by molar-refractivity contribution is -0.140. The molecule has 2 aliphatic rings. The van der Waals surface area contributed by atoms with Gasteiger partial charge < -0.3 is 4.90 Å². The first-order valence-corrected chi connectivity index (χ1v) is 8.13. The lowest BCUT2D eigenvalue weighted by Crippen LogP contribution is -2.52. The van der Waals surface area contributed by atoms with Crippen LogP contribution in [0.2, 0.25) is 0 Å². The first-order valence-electron chi connectivity index (χ1n) is 6.88. The highest BCUT2D eigenvalue weighted by atomic mass is 127. The molecule has 19 heavy (non-hydrogen) atoms. The quantitative estimate of drug-likeness (QED) is 0.541. The number of benzene rings is 1. The number of amides is 1. The van der Waals surface area contributed by atoms with Gasteiger partial charge in [-0.15, -0.1) is 0 Å². The maximum atomic E-state index is 13.4. The summed E-state index contributed by atoms with van der Waals surface area (Å²) < 4.78 is 13.5. The molecule has 0 spiro atoms. The average Bonchev–Trinajstić information content (AvgIpc) is 2.42. The minimum Gasteiger partial charge on any atom is -0.332 e. The fourth-order valence-electron chi connectivity index (χ4n) is 3.36. The third kappa shape index (κ3) is 2.51. The van der Waals surface area contributed by atoms with Crippen LogP contribution < -0.4 is 0 Å². The van der Waals surface area contributed by atoms with E-state index in [1.54, 1.807) is 12.1 Å². The Labute approximate surface area is 126 Å². The Bertz CT molecular complexity index is 493. The summed E-state index contributed by atoms with van der Waals surface area (Å²) >= 11 is 2.24. The monoisotopic (exact) mass is 373 g/mol. The smallest absolute Gasteiger partial charge is 0.236 e. The Balaban J connectivity index is 1.93. The summed E-state index contributed by atoms with van der Waals surface area (Å²) in [5.74, 6) is 0.0286. The number of piperidine rings is 2. The third-order valence-electron chi connectivity index (χ3n) is 4.25. The van der Waals surface area contributed by atoms with Crippen molar-refractivity contribution in [3.05, 3.63) is 35.6 Å². The van der Waals surface area contributed by atoms with Gasteiger partial charge in [0.15, 0.2) is 0 Å². The second-order valence-electron chi connectivity index (χ2n) is 5.45. The molecular weight excluding hydrogens is 356 g/mol. The molecule has 2 saturated heterocycles. The predicted molar refractivity (Wildman–Crippen MR) is 80.7 cm³/mol. The van der Waals surface area contributed by atoms with Crippen LogP contribution in [0.25, 0.3) is 0 Å². The molecule has 0 aliphatic carbocycles. The summed E-state index contributed by atoms with van der Waals surface area (Å²) in [5.41, 5.74) is 0.948. The summed E-state index contributed by atoms with van der Waals surface area (Å²) in [4.78, 5) is 14.5. The standard InChI is InChI=1S/C15H17FINO/c16-11-4-1-3-10(9-11)14-6-2-5-12-7-8-13(17)15(19)18(12)14/h1,3-4,9,12-14H,2,5-8H2. The van der Waals surface area contributed by atoms with Crippen LogP contribution in [0.4, 0.5) is 4.39 Å². The van der Waals surface area contributed by atoms with Crippen LogP contribution in [0.5, 0.6) is 0 Å². The Morgan fingerprint density at radius 3 is 2.84 bits per heavy atom. The van der Waals surface area contributed by atoms with E-state index in [-0.39, 0.29) is 21.7 Å². The second kappa shape index (κ2) is 5.38. The van der Waals surface area contributed by atoms with E-state index in [9.17, 15) is 9.18 Å². The minimum absolute atomic E-state index is 0.0690. The molecule has 3 atom stereocenters. The molecule has 0 N–H and O–H groups in total. The molecule has 4 heteroatoms. The van der Waals surface area contributed by atoms with Crippen molar-refractivity contribution in [3.8, 4) is 0 Å². The van der Waals surface area contributed by atoms with Crippen LogP contribution in [-0.4, -0.2) is 20.8 Å². The molecule has 2 nitrogen and oxygen atoms in total. The van der Waals surface area contributed by atoms with Gasteiger partial charge in [-0.2, -0.15) is 0 Å². The van der Waals surface area contributed by atoms with E-state index < -0.39 is 0 Å². The van der Waals surface area contributed by atoms with Crippen molar-refractivity contribution in [2.75, 3.05) is 0 Å². The number of hydrogen-bond acceptors (Lipinski definition) is 1. The number of alkyl halides is 1. The van der Waals surface area contributed by atoms with Gasteiger partial charge in [0.1, 0.15) is 5.82 Å². The van der Waals surface area contributed by atoms with Crippen LogP contribution in [0.1, 0.15) is 43.7 Å². The van der Waals surface area contributed by atoms with E-state index >= 15 is 0 Å². The number of halogens is 2. The first kappa shape index (κ1) is 13.3. The zero-order valence-corrected chi connectivity index (χ0v) is 12.8. The molecule has 2 fully saturated rings. The number of fused-ring (bicyclic) bond motifs is 1. The van der Waals surface area contributed by atoms with Gasteiger partial charge in [0.05, 0.1) is 9.97 Å². The first-order chi connectivity index (χ1) is 9.16. The number of hydrogen-bond donors (Lipinski definition) is 0. The van der Waals surface area contributed by atoms with Crippen LogP contribution in [-0.2, 0) is 4.79 Å². The van der Waals surface area contributed by atoms with E-state index in [2.05, 4.69) is 22.6 Å². The summed E-state index contributed by atoms with van der Waals surface area (Å²) in [6.07, 6.45) is 5.25. The normalized spacial score (nSPS) is 31.2. The maximum Gasteiger partial charge on any atom is 0.236 e. The Morgan fingerprint density at radius 1 is 1.21 bits per heavy atom. The number of nitrogens with zero attached hydrogens (tertiary/aromatic N) is 1. The molecule has 2 aliphatic heterocycles. The van der Waals surface area contributed by atoms with E-state index in [4.69, 9.17) is 0 Å². The van der Waals surface area contributed by atoms with Crippen LogP contribution in [0.15, 0.2) is 24.3 Å². The minimum atomic E-state index is -0.213. The van der Waals surface area contributed by atoms with E-state index in [0.29, 0.717) is 6.04 Å². The zero-order chi connectivity index (χ0) is 13.4. The van der Waals surface area contributed by atoms with E-state index in [1.165, 1.54) is 6.07 Å². The molecule has 1 amide bonds. The summed E-state index contributed by atoms with van der Waals surface area (Å²) in [7, 11) is 0. The second-order valence-corrected chi connectivity index (χ2v) is 6.95. The van der Waals surface area contributed by atoms with Crippen molar-refractivity contribution < 1.29 is 9.18 Å². The van der Waals surface area contributed by atoms with Crippen molar-refractivity contribution in [1.82, 2.24) is 4.90 Å². The molecule has 3 unspecified atom stereocenters. The summed E-state index contributed by atoms with van der Waals surface area (Å²) in [6, 6.07) is 7.16. The average molecular weight is 373 g/mol. The Morgan fingerprint density at radius 2 is 2.05 bits per heavy atom. The van der Waals surface area contributed by atoms with Crippen LogP contribution >= 0.6 is 22.6 Å². The largest absolute Gasteiger partial charge is 0.332 e. The van der Waals surface area contributed by atoms with Crippen molar-refractivity contribution in [2.45, 2.75) is 48.1 Å². The molecule has 0 bridgehead atoms. The van der Waals surface area contributed by atoms with Gasteiger partial charge >= 0.3 is 0 Å². The van der Waals surface area contributed by atoms with Gasteiger partial charge in [0.25, 0.3) is 0 Å². The molecule has 0 radical (unpaired) electrons. The fraction of sp³-hybridized carbons (Fsp3) is 0.533. The summed E-state index contributed by atoms with van der Waals surface area (Å²) in [5, 5.41) is 0. The van der Waals surface area contributed by atoms with Gasteiger partial charge in [0.2, 0.25) is 5.91 Å². The third-order valence-corrected chi connectivity index (χ3v) is 5.41. The Hall–Kier alpha value is -0.650. The van der Waals surface area contributed by atoms with Gasteiger partial charge in [0, 0.05) is 6.04 Å². The lowest BCUT2D eigenvalue weighted by atomic mass is 9.85. The van der Waals surface area contributed by atoms with Crippen molar-refractivity contribution in [3.63, 3.8) is 0 Å². The number of rotatable bonds is 1. The van der Waals surface area contributed by atoms with Crippen molar-refractivity contribution in [2.24, 2.45) is 0 Å². The highest BCUT2D eigenvalue weighted by Gasteiger charge is 2.40. The fourth-order valence-corrected chi connectivity index (χ4v) is 4.04. The molecule has 1 aromatic rings. The van der Waals surface area contributed by atoms with Gasteiger partial charge in [-0.1, -0.05) is 34.7 Å². The lowest BCUT2D eigenvalue weighted by Gasteiger charge is -2.46. The maximum absolute atomic E-state index is 13.4. The van der Waals surface area contributed by atoms with Gasteiger partial charge in [-0.05, 0) is 49.8 Å². The van der Waals surface area contributed by atoms with Gasteiger partial charge in [-0.3, -0.25) is 4.79 Å².